The summed E-state index contributed by atoms with van der Waals surface area (Å²) in [6.45, 7) is 0. The minimum Gasteiger partial charge on any atom is -0.870 e. The number of hydrogen-bond donors (Lipinski definition) is 1. The van der Waals surface area contributed by atoms with Gasteiger partial charge in [0.25, 0.3) is 0 Å². The van der Waals surface area contributed by atoms with Crippen LogP contribution in [0, 0.1) is 23.2 Å². The lowest BCUT2D eigenvalue weighted by Gasteiger charge is -2.35. The Morgan fingerprint density at radius 3 is 1.49 bits per heavy atom. The quantitative estimate of drug-likeness (QED) is 0.0903. The van der Waals surface area contributed by atoms with Gasteiger partial charge in [0, 0.05) is 53.9 Å². The third kappa shape index (κ3) is 8.57. The number of amides is 1. The molecule has 4 aromatic carbocycles. The van der Waals surface area contributed by atoms with E-state index in [-0.39, 0.29) is 23.8 Å². The highest BCUT2D eigenvalue weighted by Gasteiger charge is 2.56. The number of carbonyl (C=O) groups is 1. The monoisotopic (exact) mass is 742 g/mol. The Morgan fingerprint density at radius 1 is 0.642 bits per heavy atom. The molecule has 13 heteroatoms. The molecule has 0 fully saturated rings. The number of anilines is 1. The molecular weight excluding hydrogens is 699 g/mol. The zero-order valence-electron chi connectivity index (χ0n) is 31.1. The van der Waals surface area contributed by atoms with E-state index in [9.17, 15) is 9.90 Å². The number of benzene rings is 4. The number of methoxy groups -OCH3 is 8. The second-order valence-electron chi connectivity index (χ2n) is 11.4. The first-order valence-electron chi connectivity index (χ1n) is 16.4. The third-order valence-electron chi connectivity index (χ3n) is 8.57. The van der Waals surface area contributed by atoms with E-state index in [0.717, 1.165) is 0 Å². The zero-order chi connectivity index (χ0) is 38.5. The molecule has 12 nitrogen and oxygen atoms in total. The Balaban J connectivity index is 1.97. The molecule has 0 aliphatic carbocycles. The van der Waals surface area contributed by atoms with Crippen molar-refractivity contribution in [2.24, 2.45) is 0 Å². The second-order valence-corrected chi connectivity index (χ2v) is 14.8. The number of carbonyl (C=O) groups excluding carboxylic acids is 1. The highest BCUT2D eigenvalue weighted by Crippen LogP contribution is 2.66. The van der Waals surface area contributed by atoms with Crippen molar-refractivity contribution in [2.45, 2.75) is 19.3 Å². The molecule has 53 heavy (non-hydrogen) atoms. The predicted molar refractivity (Wildman–Crippen MR) is 203 cm³/mol. The van der Waals surface area contributed by atoms with Gasteiger partial charge in [0.2, 0.25) is 5.91 Å². The number of ether oxygens (including phenoxy) is 8. The largest absolute Gasteiger partial charge is 0.870 e. The summed E-state index contributed by atoms with van der Waals surface area (Å²) in [5.41, 5.74) is 1.25. The molecular formula is C40H43N2O10P. The summed E-state index contributed by atoms with van der Waals surface area (Å²) in [5, 5.41) is 27.7. The molecule has 0 aliphatic rings. The van der Waals surface area contributed by atoms with Gasteiger partial charge in [-0.05, 0) is 43.2 Å². The van der Waals surface area contributed by atoms with Gasteiger partial charge in [0.05, 0.1) is 63.0 Å². The number of rotatable bonds is 17. The minimum atomic E-state index is -3.37. The molecule has 0 aliphatic heterocycles. The van der Waals surface area contributed by atoms with E-state index in [1.54, 1.807) is 60.7 Å². The van der Waals surface area contributed by atoms with E-state index in [1.165, 1.54) is 62.9 Å². The smallest absolute Gasteiger partial charge is 0.224 e. The summed E-state index contributed by atoms with van der Waals surface area (Å²) in [5.74, 6) is 7.66. The Bertz CT molecular complexity index is 1900. The van der Waals surface area contributed by atoms with E-state index in [4.69, 9.17) is 43.2 Å². The molecule has 0 unspecified atom stereocenters. The standard InChI is InChI=1S/C40H43N2O10P/c1-45-28-20-31(43)38(32(21-28)48-4)53(39-33(49-5)22-29(46-2)23-34(39)50-6,40-35(51-7)24-30(47-3)25-36(40)52-8)19-10-9-13-37(44)42-27-16-14-26(15-17-27)12-11-18-41/h14-17,20-25H,9-10,13,19H2,1-8H3,(H-,42,43,44). The summed E-state index contributed by atoms with van der Waals surface area (Å²) in [6.07, 6.45) is 1.39. The van der Waals surface area contributed by atoms with Crippen molar-refractivity contribution in [1.82, 2.24) is 0 Å². The van der Waals surface area contributed by atoms with Crippen LogP contribution in [0.15, 0.2) is 60.7 Å². The third-order valence-corrected chi connectivity index (χ3v) is 13.2. The molecule has 0 saturated carbocycles. The summed E-state index contributed by atoms with van der Waals surface area (Å²) >= 11 is 0. The lowest BCUT2D eigenvalue weighted by molar-refractivity contribution is -0.266. The van der Waals surface area contributed by atoms with Gasteiger partial charge in [-0.3, -0.25) is 4.79 Å². The Morgan fingerprint density at radius 2 is 1.08 bits per heavy atom. The number of unbranched alkanes of at least 4 members (excludes halogenated alkanes) is 1. The number of hydrogen-bond acceptors (Lipinski definition) is 11. The van der Waals surface area contributed by atoms with Gasteiger partial charge in [-0.15, -0.1) is 0 Å². The summed E-state index contributed by atoms with van der Waals surface area (Å²) in [6, 6.07) is 18.7. The van der Waals surface area contributed by atoms with E-state index >= 15 is 0 Å². The summed E-state index contributed by atoms with van der Waals surface area (Å²) in [7, 11) is 8.81. The van der Waals surface area contributed by atoms with Gasteiger partial charge < -0.3 is 48.3 Å². The van der Waals surface area contributed by atoms with Crippen LogP contribution in [-0.4, -0.2) is 68.9 Å². The normalized spacial score (nSPS) is 10.5. The summed E-state index contributed by atoms with van der Waals surface area (Å²) < 4.78 is 47.0. The second kappa shape index (κ2) is 18.5. The lowest BCUT2D eigenvalue weighted by Crippen LogP contribution is -2.38. The molecule has 0 atom stereocenters. The van der Waals surface area contributed by atoms with Gasteiger partial charge in [-0.1, -0.05) is 11.7 Å². The fourth-order valence-electron chi connectivity index (χ4n) is 6.20. The van der Waals surface area contributed by atoms with Crippen LogP contribution in [0.1, 0.15) is 24.8 Å². The molecule has 0 heterocycles. The predicted octanol–water partition coefficient (Wildman–Crippen LogP) is 4.81. The van der Waals surface area contributed by atoms with Gasteiger partial charge in [0.15, 0.2) is 45.4 Å². The van der Waals surface area contributed by atoms with Crippen molar-refractivity contribution in [3.63, 3.8) is 0 Å². The molecule has 0 saturated heterocycles. The SMILES string of the molecule is COc1cc([O-])c([P+](CCCCC(=O)Nc2ccc(C#CC#N)cc2)(c2c(OC)cc(OC)cc2OC)c2c(OC)cc(OC)cc2OC)c(OC)c1. The van der Waals surface area contributed by atoms with Crippen molar-refractivity contribution in [1.29, 1.82) is 5.26 Å². The Labute approximate surface area is 310 Å². The molecule has 0 aromatic heterocycles. The topological polar surface area (TPSA) is 150 Å². The average Bonchev–Trinajstić information content (AvgIpc) is 3.19. The van der Waals surface area contributed by atoms with Crippen LogP contribution in [0.3, 0.4) is 0 Å². The fraction of sp³-hybridized carbons (Fsp3) is 0.300. The maximum Gasteiger partial charge on any atom is 0.224 e. The molecule has 1 N–H and O–H groups in total. The molecule has 278 valence electrons. The molecule has 4 aromatic rings. The first-order chi connectivity index (χ1) is 25.7. The number of nitrogens with one attached hydrogen (secondary N) is 1. The molecule has 4 rings (SSSR count). The maximum absolute atomic E-state index is 14.6. The maximum atomic E-state index is 14.6. The Kier molecular flexibility index (Phi) is 13.9. The van der Waals surface area contributed by atoms with Crippen LogP contribution in [0.4, 0.5) is 5.69 Å². The van der Waals surface area contributed by atoms with Crippen molar-refractivity contribution in [3.05, 3.63) is 66.2 Å². The Hall–Kier alpha value is -5.97. The highest BCUT2D eigenvalue weighted by molar-refractivity contribution is 7.96. The molecule has 1 amide bonds. The van der Waals surface area contributed by atoms with Crippen LogP contribution < -0.4 is 64.2 Å². The minimum absolute atomic E-state index is 0.174. The van der Waals surface area contributed by atoms with Crippen LogP contribution >= 0.6 is 7.26 Å². The lowest BCUT2D eigenvalue weighted by atomic mass is 10.2. The fourth-order valence-corrected chi connectivity index (χ4v) is 11.3. The van der Waals surface area contributed by atoms with Crippen molar-refractivity contribution in [2.75, 3.05) is 68.4 Å². The van der Waals surface area contributed by atoms with E-state index in [0.29, 0.717) is 86.4 Å². The van der Waals surface area contributed by atoms with Gasteiger partial charge in [0.1, 0.15) is 29.8 Å². The van der Waals surface area contributed by atoms with E-state index in [2.05, 4.69) is 17.2 Å². The first kappa shape index (κ1) is 39.8. The van der Waals surface area contributed by atoms with Crippen LogP contribution in [0.5, 0.6) is 51.7 Å². The zero-order valence-corrected chi connectivity index (χ0v) is 32.0. The van der Waals surface area contributed by atoms with Crippen molar-refractivity contribution >= 4 is 34.8 Å². The van der Waals surface area contributed by atoms with E-state index < -0.39 is 7.26 Å². The van der Waals surface area contributed by atoms with Crippen LogP contribution in [0.2, 0.25) is 0 Å². The molecule has 0 bridgehead atoms. The first-order valence-corrected chi connectivity index (χ1v) is 18.4. The van der Waals surface area contributed by atoms with Crippen molar-refractivity contribution < 1.29 is 47.8 Å². The number of nitriles is 1. The molecule has 0 radical (unpaired) electrons. The molecule has 0 spiro atoms. The van der Waals surface area contributed by atoms with Gasteiger partial charge in [-0.2, -0.15) is 5.26 Å². The average molecular weight is 743 g/mol. The summed E-state index contributed by atoms with van der Waals surface area (Å²) in [4.78, 5) is 13.2. The van der Waals surface area contributed by atoms with Gasteiger partial charge >= 0.3 is 0 Å². The van der Waals surface area contributed by atoms with Gasteiger partial charge in [-0.25, -0.2) is 0 Å². The van der Waals surface area contributed by atoms with Crippen LogP contribution in [0.25, 0.3) is 0 Å². The highest BCUT2D eigenvalue weighted by atomic mass is 31.2. The van der Waals surface area contributed by atoms with Crippen LogP contribution in [-0.2, 0) is 4.79 Å². The van der Waals surface area contributed by atoms with Crippen molar-refractivity contribution in [3.8, 4) is 69.7 Å². The number of nitrogens with zero attached hydrogens (tertiary/aromatic N) is 1. The van der Waals surface area contributed by atoms with E-state index in [1.807, 2.05) is 0 Å².